The fraction of sp³-hybridized carbons (Fsp3) is 0.556. The summed E-state index contributed by atoms with van der Waals surface area (Å²) in [6.45, 7) is 0. The van der Waals surface area contributed by atoms with E-state index >= 15 is 0 Å². The van der Waals surface area contributed by atoms with Crippen LogP contribution in [0.1, 0.15) is 6.42 Å². The first-order chi connectivity index (χ1) is 8.59. The SMILES string of the molecule is CN(C(=O)CC(=O)N(C)N(C)C(N)=S)N(C)C(N)=S. The highest BCUT2D eigenvalue weighted by molar-refractivity contribution is 7.80. The molecule has 0 saturated heterocycles. The van der Waals surface area contributed by atoms with Gasteiger partial charge >= 0.3 is 0 Å². The van der Waals surface area contributed by atoms with Crippen LogP contribution < -0.4 is 11.5 Å². The van der Waals surface area contributed by atoms with Crippen LogP contribution in [0.3, 0.4) is 0 Å². The summed E-state index contributed by atoms with van der Waals surface area (Å²) in [7, 11) is 5.98. The standard InChI is InChI=1S/C9H18N6O2S2/c1-12(14(3)8(10)18)6(16)5-7(17)13(2)15(4)9(11)19/h5H2,1-4H3,(H2,10,18)(H2,11,19). The van der Waals surface area contributed by atoms with Crippen molar-refractivity contribution in [1.82, 2.24) is 20.0 Å². The van der Waals surface area contributed by atoms with Crippen LogP contribution >= 0.6 is 24.4 Å². The molecular formula is C9H18N6O2S2. The van der Waals surface area contributed by atoms with Gasteiger partial charge in [-0.1, -0.05) is 0 Å². The van der Waals surface area contributed by atoms with Gasteiger partial charge in [0.25, 0.3) is 0 Å². The summed E-state index contributed by atoms with van der Waals surface area (Å²) >= 11 is 9.45. The lowest BCUT2D eigenvalue weighted by Crippen LogP contribution is -2.51. The quantitative estimate of drug-likeness (QED) is 0.360. The van der Waals surface area contributed by atoms with E-state index in [9.17, 15) is 9.59 Å². The molecule has 0 atom stereocenters. The molecule has 0 aromatic carbocycles. The number of hydrogen-bond acceptors (Lipinski definition) is 4. The number of amides is 2. The van der Waals surface area contributed by atoms with Gasteiger partial charge < -0.3 is 11.5 Å². The van der Waals surface area contributed by atoms with E-state index in [1.54, 1.807) is 0 Å². The minimum absolute atomic E-state index is 0.0249. The van der Waals surface area contributed by atoms with Crippen LogP contribution in [0.2, 0.25) is 0 Å². The molecule has 0 bridgehead atoms. The maximum atomic E-state index is 11.8. The zero-order valence-corrected chi connectivity index (χ0v) is 12.9. The van der Waals surface area contributed by atoms with Crippen LogP contribution in [0.15, 0.2) is 0 Å². The van der Waals surface area contributed by atoms with Gasteiger partial charge in [-0.3, -0.25) is 29.6 Å². The first-order valence-corrected chi connectivity index (χ1v) is 6.00. The number of thiocarbonyl (C=S) groups is 2. The van der Waals surface area contributed by atoms with Crippen LogP contribution in [0.25, 0.3) is 0 Å². The predicted molar refractivity (Wildman–Crippen MR) is 79.3 cm³/mol. The van der Waals surface area contributed by atoms with Gasteiger partial charge in [0.05, 0.1) is 0 Å². The third kappa shape index (κ3) is 4.83. The second-order valence-corrected chi connectivity index (χ2v) is 4.57. The topological polar surface area (TPSA) is 99.1 Å². The Hall–Kier alpha value is -1.68. The highest BCUT2D eigenvalue weighted by Crippen LogP contribution is 2.01. The van der Waals surface area contributed by atoms with E-state index in [1.165, 1.54) is 38.2 Å². The van der Waals surface area contributed by atoms with Gasteiger partial charge in [0.2, 0.25) is 11.8 Å². The molecule has 108 valence electrons. The molecule has 0 saturated carbocycles. The Morgan fingerprint density at radius 2 is 1.05 bits per heavy atom. The van der Waals surface area contributed by atoms with E-state index in [2.05, 4.69) is 0 Å². The van der Waals surface area contributed by atoms with Crippen molar-refractivity contribution >= 4 is 46.5 Å². The first kappa shape index (κ1) is 17.3. The lowest BCUT2D eigenvalue weighted by molar-refractivity contribution is -0.148. The molecule has 0 unspecified atom stereocenters. The van der Waals surface area contributed by atoms with E-state index in [4.69, 9.17) is 35.9 Å². The molecule has 19 heavy (non-hydrogen) atoms. The Kier molecular flexibility index (Phi) is 6.42. The van der Waals surface area contributed by atoms with E-state index in [0.29, 0.717) is 0 Å². The highest BCUT2D eigenvalue weighted by atomic mass is 32.1. The van der Waals surface area contributed by atoms with Crippen LogP contribution in [-0.4, -0.2) is 70.3 Å². The molecule has 0 aliphatic rings. The number of carbonyl (C=O) groups is 2. The minimum atomic E-state index is -0.455. The zero-order valence-electron chi connectivity index (χ0n) is 11.3. The molecule has 8 nitrogen and oxygen atoms in total. The largest absolute Gasteiger partial charge is 0.375 e. The normalized spacial score (nSPS) is 9.47. The lowest BCUT2D eigenvalue weighted by Gasteiger charge is -2.31. The molecule has 0 fully saturated rings. The van der Waals surface area contributed by atoms with Gasteiger partial charge in [-0.25, -0.2) is 0 Å². The highest BCUT2D eigenvalue weighted by Gasteiger charge is 2.22. The summed E-state index contributed by atoms with van der Waals surface area (Å²) in [4.78, 5) is 23.7. The van der Waals surface area contributed by atoms with Crippen molar-refractivity contribution < 1.29 is 9.59 Å². The first-order valence-electron chi connectivity index (χ1n) is 5.18. The van der Waals surface area contributed by atoms with Crippen molar-refractivity contribution in [2.45, 2.75) is 6.42 Å². The minimum Gasteiger partial charge on any atom is -0.375 e. The van der Waals surface area contributed by atoms with Crippen molar-refractivity contribution in [3.05, 3.63) is 0 Å². The molecule has 0 heterocycles. The van der Waals surface area contributed by atoms with Gasteiger partial charge in [0.1, 0.15) is 6.42 Å². The smallest absolute Gasteiger partial charge is 0.250 e. The molecular weight excluding hydrogens is 288 g/mol. The molecule has 0 spiro atoms. The fourth-order valence-electron chi connectivity index (χ4n) is 0.988. The summed E-state index contributed by atoms with van der Waals surface area (Å²) in [6.07, 6.45) is -0.354. The van der Waals surface area contributed by atoms with E-state index < -0.39 is 11.8 Å². The second kappa shape index (κ2) is 7.04. The summed E-state index contributed by atoms with van der Waals surface area (Å²) in [5.41, 5.74) is 10.8. The van der Waals surface area contributed by atoms with E-state index in [1.807, 2.05) is 0 Å². The van der Waals surface area contributed by atoms with Crippen molar-refractivity contribution in [3.8, 4) is 0 Å². The number of hydrazine groups is 2. The van der Waals surface area contributed by atoms with Gasteiger partial charge in [0, 0.05) is 28.2 Å². The number of nitrogens with two attached hydrogens (primary N) is 2. The third-order valence-corrected chi connectivity index (χ3v) is 3.09. The average Bonchev–Trinajstić information content (AvgIpc) is 2.34. The Labute approximate surface area is 122 Å². The maximum absolute atomic E-state index is 11.8. The summed E-state index contributed by atoms with van der Waals surface area (Å²) in [5.74, 6) is -0.910. The van der Waals surface area contributed by atoms with Crippen LogP contribution in [0, 0.1) is 0 Å². The molecule has 0 aromatic heterocycles. The summed E-state index contributed by atoms with van der Waals surface area (Å²) in [5, 5.41) is 4.91. The number of hydrogen-bond donors (Lipinski definition) is 2. The fourth-order valence-corrected chi connectivity index (χ4v) is 1.23. The molecule has 4 N–H and O–H groups in total. The molecule has 0 rings (SSSR count). The van der Waals surface area contributed by atoms with E-state index in [0.717, 1.165) is 10.0 Å². The molecule has 0 radical (unpaired) electrons. The molecule has 0 aliphatic carbocycles. The Balaban J connectivity index is 4.61. The molecule has 2 amide bonds. The maximum Gasteiger partial charge on any atom is 0.250 e. The van der Waals surface area contributed by atoms with Crippen LogP contribution in [-0.2, 0) is 9.59 Å². The summed E-state index contributed by atoms with van der Waals surface area (Å²) in [6, 6.07) is 0. The van der Waals surface area contributed by atoms with Crippen LogP contribution in [0.4, 0.5) is 0 Å². The molecule has 0 aromatic rings. The van der Waals surface area contributed by atoms with Crippen LogP contribution in [0.5, 0.6) is 0 Å². The molecule has 0 aliphatic heterocycles. The summed E-state index contributed by atoms with van der Waals surface area (Å²) < 4.78 is 0. The number of nitrogens with zero attached hydrogens (tertiary/aromatic N) is 4. The van der Waals surface area contributed by atoms with Crippen molar-refractivity contribution in [3.63, 3.8) is 0 Å². The lowest BCUT2D eigenvalue weighted by atomic mass is 10.3. The third-order valence-electron chi connectivity index (χ3n) is 2.56. The van der Waals surface area contributed by atoms with Gasteiger partial charge in [-0.2, -0.15) is 0 Å². The van der Waals surface area contributed by atoms with E-state index in [-0.39, 0.29) is 16.6 Å². The number of rotatable bonds is 2. The van der Waals surface area contributed by atoms with Crippen molar-refractivity contribution in [2.75, 3.05) is 28.2 Å². The Bertz CT molecular complexity index is 366. The monoisotopic (exact) mass is 306 g/mol. The van der Waals surface area contributed by atoms with Gasteiger partial charge in [-0.15, -0.1) is 0 Å². The Morgan fingerprint density at radius 1 is 0.789 bits per heavy atom. The predicted octanol–water partition coefficient (Wildman–Crippen LogP) is -1.53. The molecule has 10 heteroatoms. The number of carbonyl (C=O) groups excluding carboxylic acids is 2. The van der Waals surface area contributed by atoms with Crippen molar-refractivity contribution in [2.24, 2.45) is 11.5 Å². The van der Waals surface area contributed by atoms with Crippen molar-refractivity contribution in [1.29, 1.82) is 0 Å². The Morgan fingerprint density at radius 3 is 1.26 bits per heavy atom. The zero-order chi connectivity index (χ0) is 15.3. The second-order valence-electron chi connectivity index (χ2n) is 3.74. The average molecular weight is 306 g/mol. The van der Waals surface area contributed by atoms with Gasteiger partial charge in [0.15, 0.2) is 10.2 Å². The van der Waals surface area contributed by atoms with Gasteiger partial charge in [-0.05, 0) is 24.4 Å².